The molecule has 2 aliphatic heterocycles. The average molecular weight is 260 g/mol. The fourth-order valence-electron chi connectivity index (χ4n) is 4.44. The van der Waals surface area contributed by atoms with E-state index >= 15 is 0 Å². The number of hydrogen-bond donors (Lipinski definition) is 0. The molecule has 1 unspecified atom stereocenters. The Balaban J connectivity index is 1.89. The van der Waals surface area contributed by atoms with Crippen LogP contribution in [0.15, 0.2) is 24.3 Å². The first kappa shape index (κ1) is 11.4. The summed E-state index contributed by atoms with van der Waals surface area (Å²) in [4.78, 5) is -0.0135. The molecule has 1 saturated carbocycles. The van der Waals surface area contributed by atoms with Gasteiger partial charge in [0.25, 0.3) is 0 Å². The highest BCUT2D eigenvalue weighted by atomic mass is 32.2. The number of ether oxygens (including phenoxy) is 1. The van der Waals surface area contributed by atoms with Crippen molar-refractivity contribution >= 4 is 11.8 Å². The van der Waals surface area contributed by atoms with Gasteiger partial charge in [-0.1, -0.05) is 44.0 Å². The lowest BCUT2D eigenvalue weighted by molar-refractivity contribution is -0.0735. The lowest BCUT2D eigenvalue weighted by atomic mass is 9.67. The van der Waals surface area contributed by atoms with Crippen LogP contribution < -0.4 is 0 Å². The zero-order valence-corrected chi connectivity index (χ0v) is 11.8. The van der Waals surface area contributed by atoms with E-state index in [-0.39, 0.29) is 10.5 Å². The zero-order chi connectivity index (χ0) is 12.2. The predicted octanol–water partition coefficient (Wildman–Crippen LogP) is 4.41. The van der Waals surface area contributed by atoms with E-state index in [4.69, 9.17) is 4.74 Å². The van der Waals surface area contributed by atoms with Crippen molar-refractivity contribution in [1.29, 1.82) is 0 Å². The fraction of sp³-hybridized carbons (Fsp3) is 0.625. The molecule has 3 atom stereocenters. The van der Waals surface area contributed by atoms with Crippen LogP contribution in [0.5, 0.6) is 0 Å². The molecule has 1 saturated heterocycles. The van der Waals surface area contributed by atoms with Crippen LogP contribution in [-0.2, 0) is 15.3 Å². The molecule has 96 valence electrons. The molecule has 0 radical (unpaired) electrons. The van der Waals surface area contributed by atoms with Gasteiger partial charge in [0.05, 0.1) is 5.60 Å². The number of benzene rings is 1. The highest BCUT2D eigenvalue weighted by Gasteiger charge is 2.64. The molecular weight excluding hydrogens is 240 g/mol. The van der Waals surface area contributed by atoms with Crippen LogP contribution in [0.4, 0.5) is 0 Å². The Kier molecular flexibility index (Phi) is 2.38. The first-order valence-corrected chi connectivity index (χ1v) is 8.23. The molecular formula is C16H20OS. The van der Waals surface area contributed by atoms with E-state index < -0.39 is 0 Å². The number of thioether (sulfide) groups is 1. The van der Waals surface area contributed by atoms with E-state index in [1.807, 2.05) is 11.8 Å². The minimum Gasteiger partial charge on any atom is -0.349 e. The molecule has 2 fully saturated rings. The van der Waals surface area contributed by atoms with Crippen LogP contribution in [-0.4, -0.2) is 5.75 Å². The molecule has 3 aliphatic rings. The van der Waals surface area contributed by atoms with E-state index in [2.05, 4.69) is 31.2 Å². The second-order valence-electron chi connectivity index (χ2n) is 5.87. The molecule has 18 heavy (non-hydrogen) atoms. The van der Waals surface area contributed by atoms with E-state index in [9.17, 15) is 0 Å². The quantitative estimate of drug-likeness (QED) is 0.779. The second kappa shape index (κ2) is 3.77. The van der Waals surface area contributed by atoms with Crippen LogP contribution >= 0.6 is 11.8 Å². The Labute approximate surface area is 113 Å². The first-order chi connectivity index (χ1) is 8.81. The third-order valence-electron chi connectivity index (χ3n) is 5.04. The van der Waals surface area contributed by atoms with Crippen molar-refractivity contribution in [2.24, 2.45) is 5.92 Å². The normalized spacial score (nSPS) is 40.6. The highest BCUT2D eigenvalue weighted by Crippen LogP contribution is 2.68. The monoisotopic (exact) mass is 260 g/mol. The van der Waals surface area contributed by atoms with Gasteiger partial charge in [-0.2, -0.15) is 0 Å². The van der Waals surface area contributed by atoms with Crippen molar-refractivity contribution in [2.75, 3.05) is 5.75 Å². The molecule has 0 N–H and O–H groups in total. The Hall–Kier alpha value is -0.470. The molecule has 4 rings (SSSR count). The van der Waals surface area contributed by atoms with Gasteiger partial charge < -0.3 is 4.74 Å². The summed E-state index contributed by atoms with van der Waals surface area (Å²) in [7, 11) is 0. The smallest absolute Gasteiger partial charge is 0.141 e. The average Bonchev–Trinajstić information content (AvgIpc) is 2.87. The van der Waals surface area contributed by atoms with Gasteiger partial charge in [0.15, 0.2) is 0 Å². The maximum Gasteiger partial charge on any atom is 0.141 e. The summed E-state index contributed by atoms with van der Waals surface area (Å²) in [5.41, 5.74) is 3.08. The maximum absolute atomic E-state index is 6.73. The third-order valence-corrected chi connectivity index (χ3v) is 6.27. The van der Waals surface area contributed by atoms with Crippen LogP contribution in [0, 0.1) is 5.92 Å². The molecule has 0 aromatic heterocycles. The Morgan fingerprint density at radius 2 is 2.11 bits per heavy atom. The van der Waals surface area contributed by atoms with Crippen molar-refractivity contribution in [3.8, 4) is 0 Å². The van der Waals surface area contributed by atoms with E-state index in [0.29, 0.717) is 0 Å². The third kappa shape index (κ3) is 1.23. The minimum absolute atomic E-state index is 0.0135. The minimum atomic E-state index is -0.0135. The van der Waals surface area contributed by atoms with Gasteiger partial charge >= 0.3 is 0 Å². The van der Waals surface area contributed by atoms with Crippen molar-refractivity contribution in [3.05, 3.63) is 35.4 Å². The van der Waals surface area contributed by atoms with Gasteiger partial charge in [0.2, 0.25) is 0 Å². The van der Waals surface area contributed by atoms with Gasteiger partial charge in [-0.05, 0) is 36.5 Å². The van der Waals surface area contributed by atoms with Gasteiger partial charge in [0, 0.05) is 5.56 Å². The molecule has 2 heteroatoms. The van der Waals surface area contributed by atoms with E-state index in [0.717, 1.165) is 11.7 Å². The van der Waals surface area contributed by atoms with Gasteiger partial charge in [-0.25, -0.2) is 0 Å². The topological polar surface area (TPSA) is 9.23 Å². The van der Waals surface area contributed by atoms with Gasteiger partial charge in [-0.15, -0.1) is 11.8 Å². The summed E-state index contributed by atoms with van der Waals surface area (Å²) in [5, 5.41) is 0. The Bertz CT molecular complexity index is 486. The molecule has 2 heterocycles. The van der Waals surface area contributed by atoms with Crippen molar-refractivity contribution in [1.82, 2.24) is 0 Å². The SMILES string of the molecule is CCS[C@@]12CC3CCCC[C@]3(O1)c1ccccc12. The molecule has 1 spiro atoms. The number of fused-ring (bicyclic) bond motifs is 3. The summed E-state index contributed by atoms with van der Waals surface area (Å²) in [5.74, 6) is 1.90. The molecule has 1 aromatic carbocycles. The lowest BCUT2D eigenvalue weighted by Gasteiger charge is -2.38. The molecule has 1 aromatic rings. The highest BCUT2D eigenvalue weighted by molar-refractivity contribution is 8.00. The lowest BCUT2D eigenvalue weighted by Crippen LogP contribution is -2.34. The van der Waals surface area contributed by atoms with Crippen molar-refractivity contribution in [2.45, 2.75) is 49.6 Å². The zero-order valence-electron chi connectivity index (χ0n) is 10.9. The summed E-state index contributed by atoms with van der Waals surface area (Å²) >= 11 is 2.01. The van der Waals surface area contributed by atoms with Crippen LogP contribution in [0.3, 0.4) is 0 Å². The maximum atomic E-state index is 6.73. The van der Waals surface area contributed by atoms with Crippen LogP contribution in [0.25, 0.3) is 0 Å². The largest absolute Gasteiger partial charge is 0.349 e. The first-order valence-electron chi connectivity index (χ1n) is 7.25. The van der Waals surface area contributed by atoms with Gasteiger partial charge in [0.1, 0.15) is 4.93 Å². The van der Waals surface area contributed by atoms with Crippen LogP contribution in [0.2, 0.25) is 0 Å². The molecule has 1 nitrogen and oxygen atoms in total. The summed E-state index contributed by atoms with van der Waals surface area (Å²) in [6.07, 6.45) is 6.56. The Morgan fingerprint density at radius 1 is 1.28 bits per heavy atom. The molecule has 0 amide bonds. The fourth-order valence-corrected chi connectivity index (χ4v) is 5.76. The van der Waals surface area contributed by atoms with Crippen molar-refractivity contribution in [3.63, 3.8) is 0 Å². The van der Waals surface area contributed by atoms with E-state index in [1.165, 1.54) is 43.2 Å². The summed E-state index contributed by atoms with van der Waals surface area (Å²) in [6.45, 7) is 2.25. The molecule has 1 aliphatic carbocycles. The summed E-state index contributed by atoms with van der Waals surface area (Å²) < 4.78 is 6.73. The number of rotatable bonds is 2. The predicted molar refractivity (Wildman–Crippen MR) is 75.6 cm³/mol. The Morgan fingerprint density at radius 3 is 2.94 bits per heavy atom. The molecule has 2 bridgehead atoms. The number of hydrogen-bond acceptors (Lipinski definition) is 2. The van der Waals surface area contributed by atoms with Gasteiger partial charge in [-0.3, -0.25) is 0 Å². The summed E-state index contributed by atoms with van der Waals surface area (Å²) in [6, 6.07) is 8.99. The van der Waals surface area contributed by atoms with E-state index in [1.54, 1.807) is 0 Å². The standard InChI is InChI=1S/C16H20OS/c1-2-18-16-11-12-7-5-6-10-15(12,17-16)13-8-3-4-9-14(13)16/h3-4,8-9,12H,2,5-7,10-11H2,1H3/t12?,15-,16-/m1/s1. The van der Waals surface area contributed by atoms with Crippen LogP contribution in [0.1, 0.15) is 50.2 Å². The second-order valence-corrected chi connectivity index (χ2v) is 7.40. The van der Waals surface area contributed by atoms with Crippen molar-refractivity contribution < 1.29 is 4.74 Å².